The largest absolute Gasteiger partial charge is 0.444 e. The molecule has 0 saturated carbocycles. The van der Waals surface area contributed by atoms with E-state index in [9.17, 15) is 4.79 Å². The molecule has 6 heteroatoms. The Morgan fingerprint density at radius 3 is 2.88 bits per heavy atom. The molecule has 1 aromatic heterocycles. The first kappa shape index (κ1) is 16.6. The van der Waals surface area contributed by atoms with Gasteiger partial charge in [-0.15, -0.1) is 0 Å². The van der Waals surface area contributed by atoms with Gasteiger partial charge in [0.05, 0.1) is 12.1 Å². The fourth-order valence-corrected chi connectivity index (χ4v) is 4.30. The van der Waals surface area contributed by atoms with E-state index in [1.54, 1.807) is 0 Å². The van der Waals surface area contributed by atoms with Crippen LogP contribution in [0.2, 0.25) is 5.02 Å². The van der Waals surface area contributed by atoms with E-state index in [2.05, 4.69) is 16.4 Å². The van der Waals surface area contributed by atoms with Gasteiger partial charge in [-0.3, -0.25) is 0 Å². The zero-order valence-corrected chi connectivity index (χ0v) is 15.6. The molecule has 0 aliphatic carbocycles. The molecule has 1 aromatic carbocycles. The number of anilines is 1. The van der Waals surface area contributed by atoms with Gasteiger partial charge >= 0.3 is 6.09 Å². The smallest absolute Gasteiger partial charge is 0.410 e. The van der Waals surface area contributed by atoms with E-state index < -0.39 is 5.60 Å². The summed E-state index contributed by atoms with van der Waals surface area (Å²) >= 11 is 6.06. The number of fused-ring (bicyclic) bond motifs is 3. The molecule has 1 amide bonds. The van der Waals surface area contributed by atoms with Gasteiger partial charge in [0, 0.05) is 22.0 Å². The summed E-state index contributed by atoms with van der Waals surface area (Å²) in [7, 11) is 0. The third-order valence-corrected chi connectivity index (χ3v) is 5.30. The van der Waals surface area contributed by atoms with E-state index >= 15 is 0 Å². The highest BCUT2D eigenvalue weighted by Gasteiger charge is 2.50. The molecule has 2 saturated heterocycles. The molecule has 2 N–H and O–H groups in total. The van der Waals surface area contributed by atoms with Crippen LogP contribution in [0.15, 0.2) is 24.3 Å². The number of nitrogens with one attached hydrogen (secondary N) is 2. The molecule has 134 valence electrons. The van der Waals surface area contributed by atoms with Gasteiger partial charge < -0.3 is 19.9 Å². The normalized spacial score (nSPS) is 25.6. The minimum Gasteiger partial charge on any atom is -0.444 e. The summed E-state index contributed by atoms with van der Waals surface area (Å²) in [6.07, 6.45) is 2.85. The summed E-state index contributed by atoms with van der Waals surface area (Å²) in [6.45, 7) is 5.73. The second-order valence-electron chi connectivity index (χ2n) is 8.09. The highest BCUT2D eigenvalue weighted by Crippen LogP contribution is 2.40. The molecule has 2 aliphatic heterocycles. The maximum atomic E-state index is 12.6. The Labute approximate surface area is 152 Å². The number of aromatic amines is 1. The molecule has 3 atom stereocenters. The highest BCUT2D eigenvalue weighted by atomic mass is 35.5. The quantitative estimate of drug-likeness (QED) is 0.809. The van der Waals surface area contributed by atoms with Crippen molar-refractivity contribution in [3.05, 3.63) is 29.3 Å². The first-order valence-electron chi connectivity index (χ1n) is 8.86. The van der Waals surface area contributed by atoms with Gasteiger partial charge in [0.25, 0.3) is 0 Å². The monoisotopic (exact) mass is 361 g/mol. The Hall–Kier alpha value is -1.88. The van der Waals surface area contributed by atoms with Gasteiger partial charge in [-0.05, 0) is 64.3 Å². The fraction of sp³-hybridized carbons (Fsp3) is 0.526. The average molecular weight is 362 g/mol. The second-order valence-corrected chi connectivity index (χ2v) is 8.52. The summed E-state index contributed by atoms with van der Waals surface area (Å²) in [5.74, 6) is 0.971. The first-order chi connectivity index (χ1) is 11.8. The third kappa shape index (κ3) is 3.17. The molecule has 2 bridgehead atoms. The summed E-state index contributed by atoms with van der Waals surface area (Å²) in [4.78, 5) is 17.9. The van der Waals surface area contributed by atoms with E-state index in [4.69, 9.17) is 16.3 Å². The van der Waals surface area contributed by atoms with Gasteiger partial charge in [0.1, 0.15) is 11.4 Å². The number of rotatable bonds is 2. The van der Waals surface area contributed by atoms with Crippen LogP contribution in [-0.4, -0.2) is 39.7 Å². The fourth-order valence-electron chi connectivity index (χ4n) is 4.12. The van der Waals surface area contributed by atoms with E-state index in [-0.39, 0.29) is 24.2 Å². The number of aromatic nitrogens is 1. The number of hydrogen-bond donors (Lipinski definition) is 2. The molecular formula is C19H24ClN3O2. The second kappa shape index (κ2) is 5.84. The number of carbonyl (C=O) groups is 1. The molecule has 2 aromatic rings. The Balaban J connectivity index is 1.49. The summed E-state index contributed by atoms with van der Waals surface area (Å²) in [6, 6.07) is 8.60. The minimum atomic E-state index is -0.460. The van der Waals surface area contributed by atoms with E-state index in [1.165, 1.54) is 0 Å². The molecule has 5 nitrogen and oxygen atoms in total. The maximum absolute atomic E-state index is 12.6. The lowest BCUT2D eigenvalue weighted by Crippen LogP contribution is -2.42. The zero-order valence-electron chi connectivity index (χ0n) is 14.8. The van der Waals surface area contributed by atoms with Crippen LogP contribution in [-0.2, 0) is 4.74 Å². The molecular weight excluding hydrogens is 338 g/mol. The predicted molar refractivity (Wildman–Crippen MR) is 100 cm³/mol. The van der Waals surface area contributed by atoms with Crippen molar-refractivity contribution in [3.8, 4) is 0 Å². The number of carbonyl (C=O) groups excluding carboxylic acids is 1. The molecule has 4 rings (SSSR count). The average Bonchev–Trinajstić information content (AvgIpc) is 3.16. The number of benzene rings is 1. The van der Waals surface area contributed by atoms with Crippen molar-refractivity contribution >= 4 is 34.4 Å². The maximum Gasteiger partial charge on any atom is 0.410 e. The molecule has 3 heterocycles. The Bertz CT molecular complexity index is 811. The van der Waals surface area contributed by atoms with Crippen molar-refractivity contribution in [3.63, 3.8) is 0 Å². The summed E-state index contributed by atoms with van der Waals surface area (Å²) < 4.78 is 5.60. The van der Waals surface area contributed by atoms with E-state index in [0.29, 0.717) is 0 Å². The van der Waals surface area contributed by atoms with Gasteiger partial charge in [0.2, 0.25) is 0 Å². The van der Waals surface area contributed by atoms with Crippen LogP contribution in [0.1, 0.15) is 40.0 Å². The molecule has 3 unspecified atom stereocenters. The molecule has 0 radical (unpaired) electrons. The lowest BCUT2D eigenvalue weighted by Gasteiger charge is -2.28. The van der Waals surface area contributed by atoms with Crippen molar-refractivity contribution in [2.24, 2.45) is 0 Å². The lowest BCUT2D eigenvalue weighted by atomic mass is 9.95. The minimum absolute atomic E-state index is 0.187. The van der Waals surface area contributed by atoms with Crippen molar-refractivity contribution in [2.45, 2.75) is 63.8 Å². The topological polar surface area (TPSA) is 57.4 Å². The standard InChI is InChI=1S/C19H24ClN3O2/c1-19(2,3)25-18(24)23-13-5-7-16(23)15(10-13)22-17-9-11-8-12(20)4-6-14(11)21-17/h4,6,8-9,13,15-16,21-22H,5,7,10H2,1-3H3. The van der Waals surface area contributed by atoms with E-state index in [1.807, 2.05) is 43.9 Å². The molecule has 25 heavy (non-hydrogen) atoms. The van der Waals surface area contributed by atoms with Crippen LogP contribution in [0.5, 0.6) is 0 Å². The molecule has 0 spiro atoms. The van der Waals surface area contributed by atoms with E-state index in [0.717, 1.165) is 41.0 Å². The third-order valence-electron chi connectivity index (χ3n) is 5.06. The van der Waals surface area contributed by atoms with Crippen LogP contribution < -0.4 is 5.32 Å². The summed E-state index contributed by atoms with van der Waals surface area (Å²) in [5, 5.41) is 5.40. The van der Waals surface area contributed by atoms with Crippen LogP contribution in [0.25, 0.3) is 10.9 Å². The number of amides is 1. The Morgan fingerprint density at radius 1 is 1.32 bits per heavy atom. The lowest BCUT2D eigenvalue weighted by molar-refractivity contribution is 0.0214. The van der Waals surface area contributed by atoms with Crippen molar-refractivity contribution in [1.29, 1.82) is 0 Å². The number of nitrogens with zero attached hydrogens (tertiary/aromatic N) is 1. The van der Waals surface area contributed by atoms with Gasteiger partial charge in [-0.2, -0.15) is 0 Å². The van der Waals surface area contributed by atoms with Gasteiger partial charge in [-0.25, -0.2) is 4.79 Å². The van der Waals surface area contributed by atoms with Crippen LogP contribution in [0, 0.1) is 0 Å². The number of hydrogen-bond acceptors (Lipinski definition) is 3. The first-order valence-corrected chi connectivity index (χ1v) is 9.24. The zero-order chi connectivity index (χ0) is 17.8. The molecule has 2 fully saturated rings. The van der Waals surface area contributed by atoms with Crippen molar-refractivity contribution < 1.29 is 9.53 Å². The van der Waals surface area contributed by atoms with Crippen LogP contribution >= 0.6 is 11.6 Å². The van der Waals surface area contributed by atoms with Crippen LogP contribution in [0.4, 0.5) is 10.6 Å². The number of H-pyrrole nitrogens is 1. The van der Waals surface area contributed by atoms with Crippen molar-refractivity contribution in [1.82, 2.24) is 9.88 Å². The Kier molecular flexibility index (Phi) is 3.87. The summed E-state index contributed by atoms with van der Waals surface area (Å²) in [5.41, 5.74) is 0.595. The number of halogens is 1. The van der Waals surface area contributed by atoms with Crippen molar-refractivity contribution in [2.75, 3.05) is 5.32 Å². The van der Waals surface area contributed by atoms with Gasteiger partial charge in [0.15, 0.2) is 0 Å². The SMILES string of the molecule is CC(C)(C)OC(=O)N1C2CCC1C(Nc1cc3cc(Cl)ccc3[nH]1)C2. The molecule has 2 aliphatic rings. The highest BCUT2D eigenvalue weighted by molar-refractivity contribution is 6.31. The number of ether oxygens (including phenoxy) is 1. The predicted octanol–water partition coefficient (Wildman–Crippen LogP) is 4.77. The van der Waals surface area contributed by atoms with Gasteiger partial charge in [-0.1, -0.05) is 11.6 Å². The Morgan fingerprint density at radius 2 is 2.12 bits per heavy atom. The van der Waals surface area contributed by atoms with Crippen LogP contribution in [0.3, 0.4) is 0 Å².